The van der Waals surface area contributed by atoms with E-state index in [1.165, 1.54) is 6.20 Å². The SMILES string of the molecule is Cc1cnc(C(F)F)cc1CF. The molecule has 1 aromatic rings. The number of hydrogen-bond acceptors (Lipinski definition) is 1. The van der Waals surface area contributed by atoms with Gasteiger partial charge in [0, 0.05) is 6.20 Å². The lowest BCUT2D eigenvalue weighted by Gasteiger charge is -2.03. The Morgan fingerprint density at radius 3 is 2.67 bits per heavy atom. The Hall–Kier alpha value is -1.06. The van der Waals surface area contributed by atoms with Gasteiger partial charge in [-0.15, -0.1) is 0 Å². The smallest absolute Gasteiger partial charge is 0.255 e. The third-order valence-electron chi connectivity index (χ3n) is 1.60. The first kappa shape index (κ1) is 9.03. The Balaban J connectivity index is 3.05. The standard InChI is InChI=1S/C8H8F3N/c1-5-4-12-7(8(10)11)2-6(5)3-9/h2,4,8H,3H2,1H3. The molecule has 0 aliphatic heterocycles. The normalized spacial score (nSPS) is 10.8. The van der Waals surface area contributed by atoms with Gasteiger partial charge in [-0.2, -0.15) is 0 Å². The molecule has 0 N–H and O–H groups in total. The molecule has 0 spiro atoms. The van der Waals surface area contributed by atoms with Gasteiger partial charge in [-0.3, -0.25) is 4.98 Å². The number of pyridine rings is 1. The van der Waals surface area contributed by atoms with Crippen LogP contribution in [-0.4, -0.2) is 4.98 Å². The summed E-state index contributed by atoms with van der Waals surface area (Å²) in [5.41, 5.74) is 0.510. The summed E-state index contributed by atoms with van der Waals surface area (Å²) in [6.45, 7) is 0.908. The van der Waals surface area contributed by atoms with Crippen molar-refractivity contribution >= 4 is 0 Å². The maximum atomic E-state index is 12.2. The number of aryl methyl sites for hydroxylation is 1. The molecular formula is C8H8F3N. The van der Waals surface area contributed by atoms with Crippen molar-refractivity contribution < 1.29 is 13.2 Å². The van der Waals surface area contributed by atoms with Crippen molar-refractivity contribution in [2.75, 3.05) is 0 Å². The lowest BCUT2D eigenvalue weighted by molar-refractivity contribution is 0.146. The van der Waals surface area contributed by atoms with E-state index in [-0.39, 0.29) is 11.3 Å². The molecule has 4 heteroatoms. The van der Waals surface area contributed by atoms with E-state index in [1.807, 2.05) is 0 Å². The fraction of sp³-hybridized carbons (Fsp3) is 0.375. The highest BCUT2D eigenvalue weighted by Crippen LogP contribution is 2.19. The summed E-state index contributed by atoms with van der Waals surface area (Å²) < 4.78 is 36.2. The summed E-state index contributed by atoms with van der Waals surface area (Å²) in [7, 11) is 0. The molecule has 1 aromatic heterocycles. The highest BCUT2D eigenvalue weighted by molar-refractivity contribution is 5.25. The molecule has 0 aliphatic carbocycles. The maximum absolute atomic E-state index is 12.2. The molecule has 0 radical (unpaired) electrons. The van der Waals surface area contributed by atoms with E-state index in [2.05, 4.69) is 4.98 Å². The minimum Gasteiger partial charge on any atom is -0.255 e. The van der Waals surface area contributed by atoms with Crippen molar-refractivity contribution in [3.63, 3.8) is 0 Å². The van der Waals surface area contributed by atoms with Crippen molar-refractivity contribution in [1.82, 2.24) is 4.98 Å². The molecule has 1 nitrogen and oxygen atoms in total. The van der Waals surface area contributed by atoms with Crippen molar-refractivity contribution in [2.45, 2.75) is 20.0 Å². The Morgan fingerprint density at radius 2 is 2.17 bits per heavy atom. The second kappa shape index (κ2) is 3.56. The summed E-state index contributed by atoms with van der Waals surface area (Å²) in [5, 5.41) is 0. The first-order valence-electron chi connectivity index (χ1n) is 3.44. The van der Waals surface area contributed by atoms with E-state index < -0.39 is 13.1 Å². The molecule has 12 heavy (non-hydrogen) atoms. The fourth-order valence-corrected chi connectivity index (χ4v) is 0.847. The van der Waals surface area contributed by atoms with Gasteiger partial charge in [0.05, 0.1) is 0 Å². The third-order valence-corrected chi connectivity index (χ3v) is 1.60. The summed E-state index contributed by atoms with van der Waals surface area (Å²) in [4.78, 5) is 3.47. The van der Waals surface area contributed by atoms with Crippen LogP contribution < -0.4 is 0 Å². The van der Waals surface area contributed by atoms with Crippen LogP contribution in [0, 0.1) is 6.92 Å². The van der Waals surface area contributed by atoms with Crippen LogP contribution in [0.3, 0.4) is 0 Å². The zero-order valence-electron chi connectivity index (χ0n) is 6.52. The molecular weight excluding hydrogens is 167 g/mol. The van der Waals surface area contributed by atoms with Gasteiger partial charge in [0.1, 0.15) is 12.4 Å². The quantitative estimate of drug-likeness (QED) is 0.673. The van der Waals surface area contributed by atoms with Crippen LogP contribution in [0.25, 0.3) is 0 Å². The number of halogens is 3. The van der Waals surface area contributed by atoms with Crippen LogP contribution >= 0.6 is 0 Å². The van der Waals surface area contributed by atoms with Crippen LogP contribution in [0.1, 0.15) is 23.2 Å². The van der Waals surface area contributed by atoms with Gasteiger partial charge in [0.2, 0.25) is 0 Å². The third kappa shape index (κ3) is 1.75. The second-order valence-electron chi connectivity index (χ2n) is 2.47. The molecule has 0 unspecified atom stereocenters. The van der Waals surface area contributed by atoms with Gasteiger partial charge in [0.15, 0.2) is 0 Å². The maximum Gasteiger partial charge on any atom is 0.280 e. The summed E-state index contributed by atoms with van der Waals surface area (Å²) >= 11 is 0. The number of nitrogens with zero attached hydrogens (tertiary/aromatic N) is 1. The Bertz CT molecular complexity index is 273. The molecule has 1 rings (SSSR count). The zero-order chi connectivity index (χ0) is 9.14. The van der Waals surface area contributed by atoms with Gasteiger partial charge >= 0.3 is 0 Å². The highest BCUT2D eigenvalue weighted by Gasteiger charge is 2.10. The van der Waals surface area contributed by atoms with E-state index in [0.717, 1.165) is 6.07 Å². The number of hydrogen-bond donors (Lipinski definition) is 0. The molecule has 0 saturated carbocycles. The average Bonchev–Trinajstić information content (AvgIpc) is 2.05. The van der Waals surface area contributed by atoms with Crippen LogP contribution in [0.4, 0.5) is 13.2 Å². The average molecular weight is 175 g/mol. The van der Waals surface area contributed by atoms with Gasteiger partial charge in [-0.25, -0.2) is 13.2 Å². The molecule has 0 aliphatic rings. The lowest BCUT2D eigenvalue weighted by atomic mass is 10.1. The van der Waals surface area contributed by atoms with Crippen molar-refractivity contribution in [1.29, 1.82) is 0 Å². The second-order valence-corrected chi connectivity index (χ2v) is 2.47. The van der Waals surface area contributed by atoms with Gasteiger partial charge < -0.3 is 0 Å². The monoisotopic (exact) mass is 175 g/mol. The topological polar surface area (TPSA) is 12.9 Å². The Kier molecular flexibility index (Phi) is 2.68. The molecule has 0 atom stereocenters. The van der Waals surface area contributed by atoms with Gasteiger partial charge in [-0.05, 0) is 24.1 Å². The largest absolute Gasteiger partial charge is 0.280 e. The summed E-state index contributed by atoms with van der Waals surface area (Å²) in [6, 6.07) is 1.10. The Labute approximate surface area is 68.2 Å². The van der Waals surface area contributed by atoms with Crippen LogP contribution in [-0.2, 0) is 6.67 Å². The van der Waals surface area contributed by atoms with Gasteiger partial charge in [-0.1, -0.05) is 0 Å². The fourth-order valence-electron chi connectivity index (χ4n) is 0.847. The first-order chi connectivity index (χ1) is 5.65. The molecule has 1 heterocycles. The van der Waals surface area contributed by atoms with E-state index in [9.17, 15) is 13.2 Å². The van der Waals surface area contributed by atoms with Crippen LogP contribution in [0.5, 0.6) is 0 Å². The molecule has 0 aromatic carbocycles. The lowest BCUT2D eigenvalue weighted by Crippen LogP contribution is -1.94. The van der Waals surface area contributed by atoms with Crippen molar-refractivity contribution in [3.8, 4) is 0 Å². The number of alkyl halides is 3. The molecule has 0 bridgehead atoms. The zero-order valence-corrected chi connectivity index (χ0v) is 6.52. The number of aromatic nitrogens is 1. The Morgan fingerprint density at radius 1 is 1.50 bits per heavy atom. The first-order valence-corrected chi connectivity index (χ1v) is 3.44. The summed E-state index contributed by atoms with van der Waals surface area (Å²) in [5.74, 6) is 0. The van der Waals surface area contributed by atoms with E-state index in [0.29, 0.717) is 5.56 Å². The predicted molar refractivity (Wildman–Crippen MR) is 38.7 cm³/mol. The molecule has 66 valence electrons. The molecule has 0 saturated heterocycles. The van der Waals surface area contributed by atoms with E-state index >= 15 is 0 Å². The minimum atomic E-state index is -2.63. The highest BCUT2D eigenvalue weighted by atomic mass is 19.3. The van der Waals surface area contributed by atoms with Crippen molar-refractivity contribution in [2.24, 2.45) is 0 Å². The number of rotatable bonds is 2. The van der Waals surface area contributed by atoms with E-state index in [4.69, 9.17) is 0 Å². The van der Waals surface area contributed by atoms with Crippen LogP contribution in [0.2, 0.25) is 0 Å². The van der Waals surface area contributed by atoms with E-state index in [1.54, 1.807) is 6.92 Å². The van der Waals surface area contributed by atoms with Gasteiger partial charge in [0.25, 0.3) is 6.43 Å². The summed E-state index contributed by atoms with van der Waals surface area (Å²) in [6.07, 6.45) is -1.37. The molecule has 0 fully saturated rings. The minimum absolute atomic E-state index is 0.278. The molecule has 0 amide bonds. The van der Waals surface area contributed by atoms with Crippen molar-refractivity contribution in [3.05, 3.63) is 29.1 Å². The van der Waals surface area contributed by atoms with Crippen LogP contribution in [0.15, 0.2) is 12.3 Å². The predicted octanol–water partition coefficient (Wildman–Crippen LogP) is 2.80.